The highest BCUT2D eigenvalue weighted by molar-refractivity contribution is 6.30. The van der Waals surface area contributed by atoms with E-state index in [0.29, 0.717) is 0 Å². The summed E-state index contributed by atoms with van der Waals surface area (Å²) in [6.07, 6.45) is 3.76. The van der Waals surface area contributed by atoms with Crippen LogP contribution in [-0.2, 0) is 12.8 Å². The van der Waals surface area contributed by atoms with Gasteiger partial charge in [0.1, 0.15) is 0 Å². The molecule has 0 nitrogen and oxygen atoms in total. The molecule has 0 aromatic heterocycles. The number of fused-ring (bicyclic) bond motifs is 1. The van der Waals surface area contributed by atoms with Gasteiger partial charge in [0, 0.05) is 5.02 Å². The predicted molar refractivity (Wildman–Crippen MR) is 43.5 cm³/mol. The minimum atomic E-state index is 0.876. The topological polar surface area (TPSA) is 0 Å². The maximum Gasteiger partial charge on any atom is 0.0408 e. The minimum Gasteiger partial charge on any atom is -0.0843 e. The molecular weight excluding hydrogens is 144 g/mol. The van der Waals surface area contributed by atoms with E-state index in [4.69, 9.17) is 11.6 Å². The number of hydrogen-bond acceptors (Lipinski definition) is 0. The summed E-state index contributed by atoms with van der Waals surface area (Å²) in [5.41, 5.74) is 2.94. The highest BCUT2D eigenvalue weighted by Crippen LogP contribution is 2.24. The lowest BCUT2D eigenvalue weighted by Crippen LogP contribution is -1.79. The molecule has 0 saturated heterocycles. The zero-order valence-corrected chi connectivity index (χ0v) is 6.49. The summed E-state index contributed by atoms with van der Waals surface area (Å²) < 4.78 is 0. The van der Waals surface area contributed by atoms with Crippen LogP contribution in [0.2, 0.25) is 5.02 Å². The first-order chi connectivity index (χ1) is 4.86. The highest BCUT2D eigenvalue weighted by Gasteiger charge is 2.09. The largest absolute Gasteiger partial charge is 0.0843 e. The molecule has 0 bridgehead atoms. The quantitative estimate of drug-likeness (QED) is 0.536. The van der Waals surface area contributed by atoms with Crippen LogP contribution in [0, 0.1) is 0 Å². The number of rotatable bonds is 0. The molecular formula is C9H9Cl. The number of hydrogen-bond donors (Lipinski definition) is 0. The van der Waals surface area contributed by atoms with Crippen molar-refractivity contribution in [2.24, 2.45) is 0 Å². The maximum atomic E-state index is 5.82. The van der Waals surface area contributed by atoms with E-state index >= 15 is 0 Å². The van der Waals surface area contributed by atoms with E-state index < -0.39 is 0 Å². The van der Waals surface area contributed by atoms with Crippen LogP contribution in [-0.4, -0.2) is 0 Å². The molecule has 0 unspecified atom stereocenters. The molecule has 0 saturated carbocycles. The number of benzene rings is 1. The van der Waals surface area contributed by atoms with Gasteiger partial charge in [0.05, 0.1) is 0 Å². The van der Waals surface area contributed by atoms with Crippen LogP contribution in [0.5, 0.6) is 0 Å². The Labute approximate surface area is 65.8 Å². The van der Waals surface area contributed by atoms with E-state index in [0.717, 1.165) is 5.02 Å². The van der Waals surface area contributed by atoms with Crippen molar-refractivity contribution in [1.82, 2.24) is 0 Å². The molecule has 0 spiro atoms. The molecule has 0 fully saturated rings. The molecule has 0 amide bonds. The Morgan fingerprint density at radius 2 is 1.90 bits per heavy atom. The van der Waals surface area contributed by atoms with Gasteiger partial charge in [0.2, 0.25) is 0 Å². The van der Waals surface area contributed by atoms with Crippen molar-refractivity contribution in [1.29, 1.82) is 0 Å². The second-order valence-electron chi connectivity index (χ2n) is 2.77. The van der Waals surface area contributed by atoms with Crippen LogP contribution in [0.3, 0.4) is 0 Å². The van der Waals surface area contributed by atoms with E-state index in [1.807, 2.05) is 6.07 Å². The third-order valence-corrected chi connectivity index (χ3v) is 2.30. The average molecular weight is 153 g/mol. The molecule has 1 aliphatic rings. The fourth-order valence-electron chi connectivity index (χ4n) is 1.54. The molecule has 1 aromatic carbocycles. The Bertz CT molecular complexity index is 253. The summed E-state index contributed by atoms with van der Waals surface area (Å²) in [5, 5.41) is 0.876. The molecule has 1 aliphatic carbocycles. The Kier molecular flexibility index (Phi) is 1.42. The first kappa shape index (κ1) is 6.23. The summed E-state index contributed by atoms with van der Waals surface area (Å²) in [5.74, 6) is 0. The molecule has 2 rings (SSSR count). The lowest BCUT2D eigenvalue weighted by molar-refractivity contribution is 0.912. The third kappa shape index (κ3) is 0.929. The first-order valence-electron chi connectivity index (χ1n) is 3.63. The second kappa shape index (κ2) is 2.28. The maximum absolute atomic E-state index is 5.82. The summed E-state index contributed by atoms with van der Waals surface area (Å²) in [6, 6.07) is 6.21. The fraction of sp³-hybridized carbons (Fsp3) is 0.333. The molecule has 1 aromatic rings. The molecule has 10 heavy (non-hydrogen) atoms. The zero-order chi connectivity index (χ0) is 6.97. The minimum absolute atomic E-state index is 0.876. The summed E-state index contributed by atoms with van der Waals surface area (Å²) in [7, 11) is 0. The van der Waals surface area contributed by atoms with Crippen LogP contribution in [0.15, 0.2) is 18.2 Å². The fourth-order valence-corrected chi connectivity index (χ4v) is 1.74. The summed E-state index contributed by atoms with van der Waals surface area (Å²) >= 11 is 5.82. The van der Waals surface area contributed by atoms with Gasteiger partial charge in [-0.3, -0.25) is 0 Å². The number of halogens is 1. The third-order valence-electron chi connectivity index (χ3n) is 2.06. The second-order valence-corrected chi connectivity index (χ2v) is 3.20. The highest BCUT2D eigenvalue weighted by atomic mass is 35.5. The van der Waals surface area contributed by atoms with Gasteiger partial charge in [-0.15, -0.1) is 0 Å². The standard InChI is InChI=1S/C9H9Cl/c10-9-5-4-7-2-1-3-8(7)6-9/h4-6H,1-3H2. The van der Waals surface area contributed by atoms with Crippen molar-refractivity contribution in [2.75, 3.05) is 0 Å². The van der Waals surface area contributed by atoms with Gasteiger partial charge in [-0.1, -0.05) is 17.7 Å². The van der Waals surface area contributed by atoms with Crippen LogP contribution in [0.25, 0.3) is 0 Å². The van der Waals surface area contributed by atoms with Crippen molar-refractivity contribution in [2.45, 2.75) is 19.3 Å². The van der Waals surface area contributed by atoms with Crippen molar-refractivity contribution < 1.29 is 0 Å². The van der Waals surface area contributed by atoms with Crippen molar-refractivity contribution in [3.63, 3.8) is 0 Å². The molecule has 0 aliphatic heterocycles. The van der Waals surface area contributed by atoms with Gasteiger partial charge in [-0.25, -0.2) is 0 Å². The lowest BCUT2D eigenvalue weighted by atomic mass is 10.1. The van der Waals surface area contributed by atoms with Crippen molar-refractivity contribution in [3.05, 3.63) is 34.3 Å². The Morgan fingerprint density at radius 3 is 2.80 bits per heavy atom. The molecule has 0 heterocycles. The molecule has 0 radical (unpaired) electrons. The Hall–Kier alpha value is -0.490. The van der Waals surface area contributed by atoms with Gasteiger partial charge in [-0.05, 0) is 42.5 Å². The van der Waals surface area contributed by atoms with Crippen LogP contribution in [0.1, 0.15) is 17.5 Å². The summed E-state index contributed by atoms with van der Waals surface area (Å²) in [4.78, 5) is 0. The van der Waals surface area contributed by atoms with Gasteiger partial charge < -0.3 is 0 Å². The molecule has 1 heteroatoms. The zero-order valence-electron chi connectivity index (χ0n) is 5.73. The Balaban J connectivity index is 2.52. The van der Waals surface area contributed by atoms with Crippen LogP contribution >= 0.6 is 11.6 Å². The molecule has 52 valence electrons. The average Bonchev–Trinajstić information content (AvgIpc) is 2.33. The van der Waals surface area contributed by atoms with E-state index in [1.54, 1.807) is 0 Å². The van der Waals surface area contributed by atoms with Crippen molar-refractivity contribution >= 4 is 11.6 Å². The monoisotopic (exact) mass is 152 g/mol. The molecule has 0 N–H and O–H groups in total. The Morgan fingerprint density at radius 1 is 1.10 bits per heavy atom. The SMILES string of the molecule is Clc1ccc2c(c1)CCC2. The summed E-state index contributed by atoms with van der Waals surface area (Å²) in [6.45, 7) is 0. The van der Waals surface area contributed by atoms with Gasteiger partial charge >= 0.3 is 0 Å². The van der Waals surface area contributed by atoms with Gasteiger partial charge in [0.15, 0.2) is 0 Å². The normalized spacial score (nSPS) is 15.3. The van der Waals surface area contributed by atoms with Crippen molar-refractivity contribution in [3.8, 4) is 0 Å². The van der Waals surface area contributed by atoms with E-state index in [1.165, 1.54) is 30.4 Å². The number of aryl methyl sites for hydroxylation is 2. The predicted octanol–water partition coefficient (Wildman–Crippen LogP) is 2.83. The van der Waals surface area contributed by atoms with E-state index in [9.17, 15) is 0 Å². The van der Waals surface area contributed by atoms with Gasteiger partial charge in [0.25, 0.3) is 0 Å². The molecule has 0 atom stereocenters. The lowest BCUT2D eigenvalue weighted by Gasteiger charge is -1.96. The van der Waals surface area contributed by atoms with E-state index in [2.05, 4.69) is 12.1 Å². The van der Waals surface area contributed by atoms with Crippen LogP contribution < -0.4 is 0 Å². The smallest absolute Gasteiger partial charge is 0.0408 e. The van der Waals surface area contributed by atoms with E-state index in [-0.39, 0.29) is 0 Å². The van der Waals surface area contributed by atoms with Crippen LogP contribution in [0.4, 0.5) is 0 Å². The first-order valence-corrected chi connectivity index (χ1v) is 4.01. The van der Waals surface area contributed by atoms with Gasteiger partial charge in [-0.2, -0.15) is 0 Å².